The zero-order valence-corrected chi connectivity index (χ0v) is 14.0. The van der Waals surface area contributed by atoms with E-state index < -0.39 is 18.0 Å². The Hall–Kier alpha value is -3.29. The third-order valence-corrected chi connectivity index (χ3v) is 4.06. The van der Waals surface area contributed by atoms with E-state index in [0.29, 0.717) is 18.7 Å². The summed E-state index contributed by atoms with van der Waals surface area (Å²) in [5.74, 6) is -0.0813. The molecule has 26 heavy (non-hydrogen) atoms. The van der Waals surface area contributed by atoms with Crippen LogP contribution in [0.2, 0.25) is 0 Å². The minimum atomic E-state index is -0.869. The Morgan fingerprint density at radius 3 is 2.69 bits per heavy atom. The number of furan rings is 1. The van der Waals surface area contributed by atoms with Gasteiger partial charge in [0.2, 0.25) is 5.91 Å². The van der Waals surface area contributed by atoms with Crippen molar-refractivity contribution < 1.29 is 23.9 Å². The van der Waals surface area contributed by atoms with Crippen LogP contribution in [0.15, 0.2) is 47.1 Å². The van der Waals surface area contributed by atoms with E-state index in [1.807, 2.05) is 0 Å². The Morgan fingerprint density at radius 2 is 2.00 bits per heavy atom. The quantitative estimate of drug-likeness (QED) is 0.644. The molecule has 4 amide bonds. The number of hydrogen-bond acceptors (Lipinski definition) is 5. The van der Waals surface area contributed by atoms with Gasteiger partial charge in [0.25, 0.3) is 5.91 Å². The number of aromatic hydroxyl groups is 1. The van der Waals surface area contributed by atoms with Crippen molar-refractivity contribution in [2.75, 3.05) is 6.54 Å². The first kappa shape index (κ1) is 17.5. The van der Waals surface area contributed by atoms with Gasteiger partial charge in [0, 0.05) is 6.54 Å². The third kappa shape index (κ3) is 4.21. The number of rotatable bonds is 7. The smallest absolute Gasteiger partial charge is 0.325 e. The molecule has 0 unspecified atom stereocenters. The fraction of sp³-hybridized carbons (Fsp3) is 0.278. The lowest BCUT2D eigenvalue weighted by atomic mass is 10.1. The molecule has 0 aliphatic carbocycles. The maximum absolute atomic E-state index is 12.3. The normalized spacial score (nSPS) is 16.6. The number of nitrogens with zero attached hydrogens (tertiary/aromatic N) is 1. The summed E-state index contributed by atoms with van der Waals surface area (Å²) in [6.45, 7) is 0.436. The van der Waals surface area contributed by atoms with Crippen LogP contribution in [-0.4, -0.2) is 40.4 Å². The molecule has 0 spiro atoms. The molecule has 0 radical (unpaired) electrons. The predicted octanol–water partition coefficient (Wildman–Crippen LogP) is 1.15. The summed E-state index contributed by atoms with van der Waals surface area (Å²) >= 11 is 0. The van der Waals surface area contributed by atoms with E-state index in [1.54, 1.807) is 36.4 Å². The molecule has 1 saturated heterocycles. The Bertz CT molecular complexity index is 786. The number of phenols is 1. The third-order valence-electron chi connectivity index (χ3n) is 4.06. The van der Waals surface area contributed by atoms with Gasteiger partial charge in [-0.15, -0.1) is 0 Å². The maximum Gasteiger partial charge on any atom is 0.325 e. The molecule has 1 fully saturated rings. The molecule has 2 aromatic rings. The molecule has 3 N–H and O–H groups in total. The molecular formula is C18H19N3O5. The monoisotopic (exact) mass is 357 g/mol. The molecule has 1 aliphatic heterocycles. The first-order valence-corrected chi connectivity index (χ1v) is 8.22. The van der Waals surface area contributed by atoms with E-state index in [0.717, 1.165) is 10.5 Å². The number of urea groups is 1. The minimum Gasteiger partial charge on any atom is -0.508 e. The van der Waals surface area contributed by atoms with Crippen molar-refractivity contribution in [3.05, 3.63) is 54.0 Å². The molecule has 0 bridgehead atoms. The van der Waals surface area contributed by atoms with Gasteiger partial charge in [0.15, 0.2) is 0 Å². The van der Waals surface area contributed by atoms with Crippen LogP contribution < -0.4 is 10.6 Å². The summed E-state index contributed by atoms with van der Waals surface area (Å²) in [6.07, 6.45) is 1.95. The van der Waals surface area contributed by atoms with Crippen molar-refractivity contribution in [3.8, 4) is 5.75 Å². The Morgan fingerprint density at radius 1 is 1.23 bits per heavy atom. The number of hydrogen-bond donors (Lipinski definition) is 3. The second-order valence-electron chi connectivity index (χ2n) is 5.98. The first-order valence-electron chi connectivity index (χ1n) is 8.22. The maximum atomic E-state index is 12.3. The molecule has 1 aromatic heterocycles. The second kappa shape index (κ2) is 7.73. The van der Waals surface area contributed by atoms with E-state index in [2.05, 4.69) is 10.6 Å². The van der Waals surface area contributed by atoms with Crippen LogP contribution in [0.25, 0.3) is 0 Å². The van der Waals surface area contributed by atoms with Gasteiger partial charge >= 0.3 is 6.03 Å². The van der Waals surface area contributed by atoms with Crippen LogP contribution in [0.3, 0.4) is 0 Å². The topological polar surface area (TPSA) is 112 Å². The number of imide groups is 1. The van der Waals surface area contributed by atoms with Crippen molar-refractivity contribution in [1.29, 1.82) is 0 Å². The summed E-state index contributed by atoms with van der Waals surface area (Å²) in [7, 11) is 0. The van der Waals surface area contributed by atoms with Crippen LogP contribution in [0.1, 0.15) is 17.7 Å². The Kier molecular flexibility index (Phi) is 5.21. The van der Waals surface area contributed by atoms with Gasteiger partial charge in [-0.25, -0.2) is 4.79 Å². The summed E-state index contributed by atoms with van der Waals surface area (Å²) in [4.78, 5) is 37.3. The molecule has 8 nitrogen and oxygen atoms in total. The molecule has 1 aromatic carbocycles. The highest BCUT2D eigenvalue weighted by molar-refractivity contribution is 6.05. The van der Waals surface area contributed by atoms with E-state index in [9.17, 15) is 19.5 Å². The Labute approximate surface area is 149 Å². The highest BCUT2D eigenvalue weighted by Crippen LogP contribution is 2.14. The van der Waals surface area contributed by atoms with Gasteiger partial charge in [-0.1, -0.05) is 12.1 Å². The van der Waals surface area contributed by atoms with E-state index >= 15 is 0 Å². The highest BCUT2D eigenvalue weighted by Gasteiger charge is 2.39. The van der Waals surface area contributed by atoms with E-state index in [1.165, 1.54) is 6.26 Å². The molecule has 0 saturated carbocycles. The fourth-order valence-corrected chi connectivity index (χ4v) is 2.69. The van der Waals surface area contributed by atoms with Gasteiger partial charge < -0.3 is 20.2 Å². The average molecular weight is 357 g/mol. The van der Waals surface area contributed by atoms with Gasteiger partial charge in [0.1, 0.15) is 17.6 Å². The van der Waals surface area contributed by atoms with Crippen LogP contribution >= 0.6 is 0 Å². The van der Waals surface area contributed by atoms with E-state index in [4.69, 9.17) is 4.42 Å². The molecular weight excluding hydrogens is 338 g/mol. The van der Waals surface area contributed by atoms with Gasteiger partial charge in [-0.05, 0) is 36.2 Å². The molecule has 3 rings (SSSR count). The molecule has 136 valence electrons. The lowest BCUT2D eigenvalue weighted by molar-refractivity contribution is -0.131. The largest absolute Gasteiger partial charge is 0.508 e. The van der Waals surface area contributed by atoms with Crippen molar-refractivity contribution in [2.45, 2.75) is 25.4 Å². The lowest BCUT2D eigenvalue weighted by Gasteiger charge is -2.11. The Balaban J connectivity index is 1.46. The predicted molar refractivity (Wildman–Crippen MR) is 91.0 cm³/mol. The first-order chi connectivity index (χ1) is 12.5. The van der Waals surface area contributed by atoms with Crippen molar-refractivity contribution in [2.24, 2.45) is 0 Å². The SMILES string of the molecule is O=C(C[C@@H]1NC(=O)N(Cc2ccco2)C1=O)NCCc1ccc(O)cc1. The van der Waals surface area contributed by atoms with E-state index in [-0.39, 0.29) is 24.6 Å². The summed E-state index contributed by atoms with van der Waals surface area (Å²) in [5, 5.41) is 14.5. The minimum absolute atomic E-state index is 0.0383. The van der Waals surface area contributed by atoms with Crippen LogP contribution in [0.4, 0.5) is 4.79 Å². The number of benzene rings is 1. The number of carbonyl (C=O) groups excluding carboxylic acids is 3. The van der Waals surface area contributed by atoms with Crippen LogP contribution in [0.5, 0.6) is 5.75 Å². The molecule has 1 aliphatic rings. The fourth-order valence-electron chi connectivity index (χ4n) is 2.69. The van der Waals surface area contributed by atoms with Gasteiger partial charge in [-0.3, -0.25) is 14.5 Å². The standard InChI is InChI=1S/C18H19N3O5/c22-13-5-3-12(4-6-13)7-8-19-16(23)10-15-17(24)21(18(25)20-15)11-14-2-1-9-26-14/h1-6,9,15,22H,7-8,10-11H2,(H,19,23)(H,20,25)/t15-/m0/s1. The molecule has 2 heterocycles. The zero-order chi connectivity index (χ0) is 18.5. The summed E-state index contributed by atoms with van der Waals surface area (Å²) in [5.41, 5.74) is 0.970. The van der Waals surface area contributed by atoms with Crippen LogP contribution in [0, 0.1) is 0 Å². The summed E-state index contributed by atoms with van der Waals surface area (Å²) in [6, 6.07) is 8.65. The second-order valence-corrected chi connectivity index (χ2v) is 5.98. The highest BCUT2D eigenvalue weighted by atomic mass is 16.3. The van der Waals surface area contributed by atoms with Gasteiger partial charge in [-0.2, -0.15) is 0 Å². The zero-order valence-electron chi connectivity index (χ0n) is 14.0. The van der Waals surface area contributed by atoms with Gasteiger partial charge in [0.05, 0.1) is 19.2 Å². The van der Waals surface area contributed by atoms with Crippen molar-refractivity contribution >= 4 is 17.8 Å². The van der Waals surface area contributed by atoms with Crippen LogP contribution in [-0.2, 0) is 22.6 Å². The molecule has 1 atom stereocenters. The number of amides is 4. The van der Waals surface area contributed by atoms with Crippen molar-refractivity contribution in [3.63, 3.8) is 0 Å². The number of nitrogens with one attached hydrogen (secondary N) is 2. The average Bonchev–Trinajstić information content (AvgIpc) is 3.21. The lowest BCUT2D eigenvalue weighted by Crippen LogP contribution is -2.37. The van der Waals surface area contributed by atoms with Crippen molar-refractivity contribution in [1.82, 2.24) is 15.5 Å². The number of phenolic OH excluding ortho intramolecular Hbond substituents is 1. The molecule has 8 heteroatoms. The summed E-state index contributed by atoms with van der Waals surface area (Å²) < 4.78 is 5.14. The number of carbonyl (C=O) groups is 3.